The van der Waals surface area contributed by atoms with Crippen molar-refractivity contribution in [2.75, 3.05) is 0 Å². The Kier molecular flexibility index (Phi) is 7.35. The molecule has 0 fully saturated rings. The van der Waals surface area contributed by atoms with Gasteiger partial charge in [0.05, 0.1) is 30.4 Å². The van der Waals surface area contributed by atoms with Gasteiger partial charge in [0.2, 0.25) is 5.91 Å². The van der Waals surface area contributed by atoms with Crippen LogP contribution in [0.15, 0.2) is 91.1 Å². The van der Waals surface area contributed by atoms with Gasteiger partial charge in [0.25, 0.3) is 5.91 Å². The van der Waals surface area contributed by atoms with E-state index in [9.17, 15) is 14.0 Å². The van der Waals surface area contributed by atoms with Gasteiger partial charge in [0.1, 0.15) is 5.82 Å². The van der Waals surface area contributed by atoms with Crippen LogP contribution in [0.25, 0.3) is 5.69 Å². The number of hydrogen-bond acceptors (Lipinski definition) is 3. The highest BCUT2D eigenvalue weighted by atomic mass is 19.1. The summed E-state index contributed by atoms with van der Waals surface area (Å²) in [7, 11) is 0. The van der Waals surface area contributed by atoms with E-state index in [0.29, 0.717) is 5.56 Å². The Hall–Kier alpha value is -4.26. The van der Waals surface area contributed by atoms with E-state index in [0.717, 1.165) is 22.5 Å². The van der Waals surface area contributed by atoms with Gasteiger partial charge < -0.3 is 10.6 Å². The Balaban J connectivity index is 1.46. The number of aromatic nitrogens is 2. The molecule has 6 nitrogen and oxygen atoms in total. The SMILES string of the molecule is Cc1c(C(C)NC(=O)CC(NC(=O)c2ccccc2)c2ccccc2)cnn1-c1ccc(F)cc1. The Bertz CT molecular complexity index is 1290. The summed E-state index contributed by atoms with van der Waals surface area (Å²) >= 11 is 0. The Morgan fingerprint density at radius 1 is 0.914 bits per heavy atom. The molecule has 2 atom stereocenters. The molecule has 0 aliphatic rings. The van der Waals surface area contributed by atoms with Gasteiger partial charge in [-0.05, 0) is 55.8 Å². The van der Waals surface area contributed by atoms with Gasteiger partial charge in [-0.15, -0.1) is 0 Å². The molecule has 1 heterocycles. The van der Waals surface area contributed by atoms with Crippen LogP contribution in [0.2, 0.25) is 0 Å². The van der Waals surface area contributed by atoms with Crippen LogP contribution in [-0.4, -0.2) is 21.6 Å². The number of hydrogen-bond donors (Lipinski definition) is 2. The highest BCUT2D eigenvalue weighted by Crippen LogP contribution is 2.22. The summed E-state index contributed by atoms with van der Waals surface area (Å²) < 4.78 is 15.0. The molecule has 1 aromatic heterocycles. The largest absolute Gasteiger partial charge is 0.349 e. The van der Waals surface area contributed by atoms with E-state index >= 15 is 0 Å². The van der Waals surface area contributed by atoms with Crippen LogP contribution >= 0.6 is 0 Å². The summed E-state index contributed by atoms with van der Waals surface area (Å²) in [6.45, 7) is 3.79. The van der Waals surface area contributed by atoms with Gasteiger partial charge in [-0.3, -0.25) is 9.59 Å². The minimum Gasteiger partial charge on any atom is -0.349 e. The third-order valence-electron chi connectivity index (χ3n) is 5.90. The summed E-state index contributed by atoms with van der Waals surface area (Å²) in [6, 6.07) is 23.6. The molecule has 4 aromatic rings. The molecule has 4 rings (SSSR count). The van der Waals surface area contributed by atoms with Crippen LogP contribution in [0.5, 0.6) is 0 Å². The summed E-state index contributed by atoms with van der Waals surface area (Å²) in [5.74, 6) is -0.753. The quantitative estimate of drug-likeness (QED) is 0.378. The molecule has 178 valence electrons. The molecule has 2 amide bonds. The third-order valence-corrected chi connectivity index (χ3v) is 5.90. The van der Waals surface area contributed by atoms with Gasteiger partial charge in [-0.25, -0.2) is 9.07 Å². The predicted molar refractivity (Wildman–Crippen MR) is 133 cm³/mol. The molecule has 3 aromatic carbocycles. The fourth-order valence-electron chi connectivity index (χ4n) is 4.02. The molecule has 0 aliphatic heterocycles. The first-order chi connectivity index (χ1) is 16.9. The van der Waals surface area contributed by atoms with Crippen LogP contribution in [-0.2, 0) is 4.79 Å². The number of nitrogens with one attached hydrogen (secondary N) is 2. The first-order valence-electron chi connectivity index (χ1n) is 11.4. The van der Waals surface area contributed by atoms with Crippen molar-refractivity contribution >= 4 is 11.8 Å². The number of amides is 2. The van der Waals surface area contributed by atoms with E-state index < -0.39 is 6.04 Å². The van der Waals surface area contributed by atoms with Crippen molar-refractivity contribution in [2.24, 2.45) is 0 Å². The zero-order chi connectivity index (χ0) is 24.8. The van der Waals surface area contributed by atoms with Crippen molar-refractivity contribution < 1.29 is 14.0 Å². The molecule has 0 saturated carbocycles. The van der Waals surface area contributed by atoms with E-state index in [1.54, 1.807) is 47.3 Å². The Morgan fingerprint density at radius 3 is 2.20 bits per heavy atom. The van der Waals surface area contributed by atoms with Crippen molar-refractivity contribution in [1.29, 1.82) is 0 Å². The van der Waals surface area contributed by atoms with Crippen molar-refractivity contribution in [3.05, 3.63) is 119 Å². The normalized spacial score (nSPS) is 12.5. The zero-order valence-corrected chi connectivity index (χ0v) is 19.6. The van der Waals surface area contributed by atoms with Gasteiger partial charge in [-0.2, -0.15) is 5.10 Å². The number of carbonyl (C=O) groups is 2. The van der Waals surface area contributed by atoms with Gasteiger partial charge in [0, 0.05) is 16.8 Å². The van der Waals surface area contributed by atoms with Crippen LogP contribution in [0.1, 0.15) is 52.6 Å². The van der Waals surface area contributed by atoms with E-state index in [-0.39, 0.29) is 30.1 Å². The van der Waals surface area contributed by atoms with E-state index in [1.165, 1.54) is 12.1 Å². The summed E-state index contributed by atoms with van der Waals surface area (Å²) in [4.78, 5) is 25.8. The second-order valence-corrected chi connectivity index (χ2v) is 8.37. The van der Waals surface area contributed by atoms with E-state index in [4.69, 9.17) is 0 Å². The minimum atomic E-state index is -0.487. The van der Waals surface area contributed by atoms with Gasteiger partial charge in [-0.1, -0.05) is 48.5 Å². The monoisotopic (exact) mass is 470 g/mol. The highest BCUT2D eigenvalue weighted by molar-refractivity contribution is 5.94. The average molecular weight is 471 g/mol. The lowest BCUT2D eigenvalue weighted by atomic mass is 10.0. The minimum absolute atomic E-state index is 0.0814. The highest BCUT2D eigenvalue weighted by Gasteiger charge is 2.22. The molecule has 0 spiro atoms. The lowest BCUT2D eigenvalue weighted by Crippen LogP contribution is -2.34. The molecule has 2 N–H and O–H groups in total. The van der Waals surface area contributed by atoms with Gasteiger partial charge in [0.15, 0.2) is 0 Å². The van der Waals surface area contributed by atoms with Gasteiger partial charge >= 0.3 is 0 Å². The first kappa shape index (κ1) is 23.9. The second kappa shape index (κ2) is 10.8. The number of benzene rings is 3. The standard InChI is InChI=1S/C28H27FN4O2/c1-19(25-18-30-33(20(25)2)24-15-13-23(29)14-16-24)31-27(34)17-26(21-9-5-3-6-10-21)32-28(35)22-11-7-4-8-12-22/h3-16,18-19,26H,17H2,1-2H3,(H,31,34)(H,32,35). The van der Waals surface area contributed by atoms with Crippen molar-refractivity contribution in [3.8, 4) is 5.69 Å². The van der Waals surface area contributed by atoms with Crippen LogP contribution in [0, 0.1) is 12.7 Å². The molecule has 0 bridgehead atoms. The maximum atomic E-state index is 13.3. The lowest BCUT2D eigenvalue weighted by Gasteiger charge is -2.21. The predicted octanol–water partition coefficient (Wildman–Crippen LogP) is 5.06. The van der Waals surface area contributed by atoms with Crippen LogP contribution in [0.4, 0.5) is 4.39 Å². The van der Waals surface area contributed by atoms with Crippen LogP contribution in [0.3, 0.4) is 0 Å². The zero-order valence-electron chi connectivity index (χ0n) is 19.6. The summed E-state index contributed by atoms with van der Waals surface area (Å²) in [5, 5.41) is 10.4. The lowest BCUT2D eigenvalue weighted by molar-refractivity contribution is -0.122. The van der Waals surface area contributed by atoms with Crippen molar-refractivity contribution in [2.45, 2.75) is 32.4 Å². The summed E-state index contributed by atoms with van der Waals surface area (Å²) in [6.07, 6.45) is 1.79. The molecular formula is C28H27FN4O2. The molecule has 0 aliphatic carbocycles. The fourth-order valence-corrected chi connectivity index (χ4v) is 4.02. The fraction of sp³-hybridized carbons (Fsp3) is 0.179. The molecule has 0 saturated heterocycles. The molecular weight excluding hydrogens is 443 g/mol. The third kappa shape index (κ3) is 5.81. The molecule has 35 heavy (non-hydrogen) atoms. The van der Waals surface area contributed by atoms with E-state index in [2.05, 4.69) is 15.7 Å². The Labute approximate surface area is 203 Å². The van der Waals surface area contributed by atoms with Crippen molar-refractivity contribution in [3.63, 3.8) is 0 Å². The van der Waals surface area contributed by atoms with E-state index in [1.807, 2.05) is 50.2 Å². The average Bonchev–Trinajstić information content (AvgIpc) is 3.26. The topological polar surface area (TPSA) is 76.0 Å². The number of nitrogens with zero attached hydrogens (tertiary/aromatic N) is 2. The first-order valence-corrected chi connectivity index (χ1v) is 11.4. The number of carbonyl (C=O) groups excluding carboxylic acids is 2. The van der Waals surface area contributed by atoms with Crippen LogP contribution < -0.4 is 10.6 Å². The molecule has 7 heteroatoms. The second-order valence-electron chi connectivity index (χ2n) is 8.37. The maximum Gasteiger partial charge on any atom is 0.251 e. The van der Waals surface area contributed by atoms with Crippen molar-refractivity contribution in [1.82, 2.24) is 20.4 Å². The molecule has 2 unspecified atom stereocenters. The number of halogens is 1. The smallest absolute Gasteiger partial charge is 0.251 e. The Morgan fingerprint density at radius 2 is 1.54 bits per heavy atom. The molecule has 0 radical (unpaired) electrons. The maximum absolute atomic E-state index is 13.3. The number of rotatable bonds is 8. The summed E-state index contributed by atoms with van der Waals surface area (Å²) in [5.41, 5.74) is 3.82.